The summed E-state index contributed by atoms with van der Waals surface area (Å²) in [5.74, 6) is 1.00. The Balaban J connectivity index is 1.97. The summed E-state index contributed by atoms with van der Waals surface area (Å²) in [4.78, 5) is 0. The van der Waals surface area contributed by atoms with Crippen molar-refractivity contribution in [2.24, 2.45) is 5.73 Å². The van der Waals surface area contributed by atoms with Crippen LogP contribution in [0.5, 0.6) is 5.75 Å². The summed E-state index contributed by atoms with van der Waals surface area (Å²) in [5.41, 5.74) is 7.07. The number of benzene rings is 1. The van der Waals surface area contributed by atoms with Gasteiger partial charge in [0.1, 0.15) is 5.75 Å². The molecule has 1 aliphatic rings. The molecule has 2 nitrogen and oxygen atoms in total. The van der Waals surface area contributed by atoms with E-state index in [-0.39, 0.29) is 6.04 Å². The number of ether oxygens (including phenoxy) is 1. The van der Waals surface area contributed by atoms with Crippen LogP contribution < -0.4 is 10.5 Å². The summed E-state index contributed by atoms with van der Waals surface area (Å²) in [5, 5.41) is 0. The molecule has 0 saturated heterocycles. The molecule has 1 atom stereocenters. The van der Waals surface area contributed by atoms with Crippen molar-refractivity contribution in [2.75, 3.05) is 0 Å². The maximum atomic E-state index is 5.96. The third kappa shape index (κ3) is 3.24. The highest BCUT2D eigenvalue weighted by Gasteiger charge is 2.16. The van der Waals surface area contributed by atoms with Crippen molar-refractivity contribution < 1.29 is 4.74 Å². The SMILES string of the molecule is C[C@H](N)Cc1cccc(OC2CCCC2)c1. The van der Waals surface area contributed by atoms with Crippen molar-refractivity contribution in [3.63, 3.8) is 0 Å². The molecular weight excluding hydrogens is 198 g/mol. The zero-order valence-corrected chi connectivity index (χ0v) is 9.99. The molecule has 0 bridgehead atoms. The Morgan fingerprint density at radius 3 is 2.81 bits per heavy atom. The molecule has 1 saturated carbocycles. The highest BCUT2D eigenvalue weighted by molar-refractivity contribution is 5.29. The Morgan fingerprint density at radius 2 is 2.12 bits per heavy atom. The van der Waals surface area contributed by atoms with Gasteiger partial charge in [0.05, 0.1) is 6.10 Å². The van der Waals surface area contributed by atoms with E-state index in [9.17, 15) is 0 Å². The molecule has 0 aromatic heterocycles. The third-order valence-corrected chi connectivity index (χ3v) is 3.06. The molecule has 2 rings (SSSR count). The topological polar surface area (TPSA) is 35.2 Å². The van der Waals surface area contributed by atoms with Crippen LogP contribution in [-0.4, -0.2) is 12.1 Å². The summed E-state index contributed by atoms with van der Waals surface area (Å²) < 4.78 is 5.96. The van der Waals surface area contributed by atoms with Crippen LogP contribution in [0.2, 0.25) is 0 Å². The van der Waals surface area contributed by atoms with Crippen LogP contribution in [0.1, 0.15) is 38.2 Å². The summed E-state index contributed by atoms with van der Waals surface area (Å²) >= 11 is 0. The molecule has 2 N–H and O–H groups in total. The van der Waals surface area contributed by atoms with Crippen LogP contribution in [-0.2, 0) is 6.42 Å². The Labute approximate surface area is 97.8 Å². The summed E-state index contributed by atoms with van der Waals surface area (Å²) in [6, 6.07) is 8.55. The largest absolute Gasteiger partial charge is 0.490 e. The average molecular weight is 219 g/mol. The normalized spacial score (nSPS) is 18.6. The summed E-state index contributed by atoms with van der Waals surface area (Å²) in [6.45, 7) is 2.03. The maximum Gasteiger partial charge on any atom is 0.119 e. The summed E-state index contributed by atoms with van der Waals surface area (Å²) in [7, 11) is 0. The quantitative estimate of drug-likeness (QED) is 0.845. The molecule has 2 heteroatoms. The third-order valence-electron chi connectivity index (χ3n) is 3.06. The zero-order chi connectivity index (χ0) is 11.4. The molecule has 0 aliphatic heterocycles. The Kier molecular flexibility index (Phi) is 3.83. The fourth-order valence-electron chi connectivity index (χ4n) is 2.32. The zero-order valence-electron chi connectivity index (χ0n) is 9.99. The van der Waals surface area contributed by atoms with Gasteiger partial charge in [0.25, 0.3) is 0 Å². The first-order valence-electron chi connectivity index (χ1n) is 6.25. The number of nitrogens with two attached hydrogens (primary N) is 1. The Bertz CT molecular complexity index is 329. The van der Waals surface area contributed by atoms with Crippen molar-refractivity contribution in [3.8, 4) is 5.75 Å². The average Bonchev–Trinajstić information content (AvgIpc) is 2.70. The minimum atomic E-state index is 0.210. The lowest BCUT2D eigenvalue weighted by Crippen LogP contribution is -2.18. The molecule has 88 valence electrons. The van der Waals surface area contributed by atoms with Crippen molar-refractivity contribution in [1.82, 2.24) is 0 Å². The highest BCUT2D eigenvalue weighted by Crippen LogP contribution is 2.24. The van der Waals surface area contributed by atoms with E-state index >= 15 is 0 Å². The number of rotatable bonds is 4. The first-order valence-corrected chi connectivity index (χ1v) is 6.25. The van der Waals surface area contributed by atoms with Crippen molar-refractivity contribution in [1.29, 1.82) is 0 Å². The molecule has 0 amide bonds. The van der Waals surface area contributed by atoms with E-state index in [1.54, 1.807) is 0 Å². The van der Waals surface area contributed by atoms with E-state index in [1.165, 1.54) is 31.2 Å². The molecule has 1 fully saturated rings. The van der Waals surface area contributed by atoms with Gasteiger partial charge in [-0.2, -0.15) is 0 Å². The lowest BCUT2D eigenvalue weighted by Gasteiger charge is -2.14. The second kappa shape index (κ2) is 5.35. The monoisotopic (exact) mass is 219 g/mol. The second-order valence-electron chi connectivity index (χ2n) is 4.85. The van der Waals surface area contributed by atoms with Gasteiger partial charge in [-0.15, -0.1) is 0 Å². The van der Waals surface area contributed by atoms with Gasteiger partial charge in [-0.25, -0.2) is 0 Å². The molecule has 16 heavy (non-hydrogen) atoms. The van der Waals surface area contributed by atoms with Crippen LogP contribution in [0.4, 0.5) is 0 Å². The molecule has 0 unspecified atom stereocenters. The number of hydrogen-bond donors (Lipinski definition) is 1. The Morgan fingerprint density at radius 1 is 1.38 bits per heavy atom. The van der Waals surface area contributed by atoms with Gasteiger partial charge < -0.3 is 10.5 Å². The minimum absolute atomic E-state index is 0.210. The molecule has 0 heterocycles. The maximum absolute atomic E-state index is 5.96. The van der Waals surface area contributed by atoms with E-state index < -0.39 is 0 Å². The second-order valence-corrected chi connectivity index (χ2v) is 4.85. The predicted octanol–water partition coefficient (Wildman–Crippen LogP) is 2.90. The first kappa shape index (κ1) is 11.5. The van der Waals surface area contributed by atoms with Crippen LogP contribution in [0.15, 0.2) is 24.3 Å². The van der Waals surface area contributed by atoms with Gasteiger partial charge in [-0.05, 0) is 56.7 Å². The lowest BCUT2D eigenvalue weighted by atomic mass is 10.1. The van der Waals surface area contributed by atoms with Gasteiger partial charge in [-0.1, -0.05) is 12.1 Å². The number of hydrogen-bond acceptors (Lipinski definition) is 2. The van der Waals surface area contributed by atoms with Crippen molar-refractivity contribution >= 4 is 0 Å². The minimum Gasteiger partial charge on any atom is -0.490 e. The first-order chi connectivity index (χ1) is 7.74. The molecule has 1 aromatic carbocycles. The van der Waals surface area contributed by atoms with Crippen LogP contribution >= 0.6 is 0 Å². The van der Waals surface area contributed by atoms with Crippen molar-refractivity contribution in [2.45, 2.75) is 51.2 Å². The molecule has 0 radical (unpaired) electrons. The van der Waals surface area contributed by atoms with Crippen LogP contribution in [0.3, 0.4) is 0 Å². The van der Waals surface area contributed by atoms with E-state index in [0.29, 0.717) is 6.10 Å². The van der Waals surface area contributed by atoms with E-state index in [2.05, 4.69) is 18.2 Å². The van der Waals surface area contributed by atoms with Gasteiger partial charge in [0, 0.05) is 6.04 Å². The lowest BCUT2D eigenvalue weighted by molar-refractivity contribution is 0.210. The Hall–Kier alpha value is -1.02. The van der Waals surface area contributed by atoms with Gasteiger partial charge >= 0.3 is 0 Å². The fraction of sp³-hybridized carbons (Fsp3) is 0.571. The van der Waals surface area contributed by atoms with Gasteiger partial charge in [0.2, 0.25) is 0 Å². The van der Waals surface area contributed by atoms with Crippen LogP contribution in [0, 0.1) is 0 Å². The molecule has 1 aromatic rings. The molecular formula is C14H21NO. The smallest absolute Gasteiger partial charge is 0.119 e. The summed E-state index contributed by atoms with van der Waals surface area (Å²) in [6.07, 6.45) is 6.39. The fourth-order valence-corrected chi connectivity index (χ4v) is 2.32. The molecule has 1 aliphatic carbocycles. The standard InChI is InChI=1S/C14H21NO/c1-11(15)9-12-5-4-8-14(10-12)16-13-6-2-3-7-13/h4-5,8,10-11,13H,2-3,6-7,9,15H2,1H3/t11-/m0/s1. The van der Waals surface area contributed by atoms with Gasteiger partial charge in [0.15, 0.2) is 0 Å². The van der Waals surface area contributed by atoms with Crippen molar-refractivity contribution in [3.05, 3.63) is 29.8 Å². The van der Waals surface area contributed by atoms with E-state index in [4.69, 9.17) is 10.5 Å². The van der Waals surface area contributed by atoms with E-state index in [1.807, 2.05) is 13.0 Å². The van der Waals surface area contributed by atoms with Crippen LogP contribution in [0.25, 0.3) is 0 Å². The predicted molar refractivity (Wildman–Crippen MR) is 66.7 cm³/mol. The van der Waals surface area contributed by atoms with E-state index in [0.717, 1.165) is 12.2 Å². The highest BCUT2D eigenvalue weighted by atomic mass is 16.5. The van der Waals surface area contributed by atoms with Gasteiger partial charge in [-0.3, -0.25) is 0 Å². The molecule has 0 spiro atoms.